The van der Waals surface area contributed by atoms with Gasteiger partial charge in [-0.15, -0.1) is 0 Å². The zero-order valence-electron chi connectivity index (χ0n) is 13.4. The van der Waals surface area contributed by atoms with Crippen molar-refractivity contribution in [2.24, 2.45) is 11.8 Å². The quantitative estimate of drug-likeness (QED) is 0.633. The van der Waals surface area contributed by atoms with Crippen LogP contribution in [-0.2, 0) is 9.59 Å². The highest BCUT2D eigenvalue weighted by Crippen LogP contribution is 2.33. The van der Waals surface area contributed by atoms with Crippen molar-refractivity contribution in [3.05, 3.63) is 46.0 Å². The number of carboxylic acids is 1. The Morgan fingerprint density at radius 2 is 1.71 bits per heavy atom. The summed E-state index contributed by atoms with van der Waals surface area (Å²) in [5.74, 6) is -4.03. The van der Waals surface area contributed by atoms with E-state index in [4.69, 9.17) is 11.6 Å². The molecule has 2 amide bonds. The van der Waals surface area contributed by atoms with Gasteiger partial charge in [-0.2, -0.15) is 0 Å². The molecule has 0 heterocycles. The Morgan fingerprint density at radius 1 is 1.08 bits per heavy atom. The Bertz CT molecular complexity index is 714. The Morgan fingerprint density at radius 3 is 2.29 bits per heavy atom. The predicted octanol–water partition coefficient (Wildman–Crippen LogP) is 1.21. The molecular weight excluding hydrogens is 332 g/mol. The zero-order valence-corrected chi connectivity index (χ0v) is 14.1. The highest BCUT2D eigenvalue weighted by atomic mass is 35.5. The first kappa shape index (κ1) is 18.0. The second-order valence-corrected chi connectivity index (χ2v) is 6.39. The fraction of sp³-hybridized carbons (Fsp3) is 0.353. The number of halogens is 1. The van der Waals surface area contributed by atoms with Gasteiger partial charge in [0, 0.05) is 22.5 Å². The van der Waals surface area contributed by atoms with Crippen LogP contribution < -0.4 is 16.0 Å². The van der Waals surface area contributed by atoms with Gasteiger partial charge in [-0.3, -0.25) is 20.4 Å². The number of nitrogens with one attached hydrogen (secondary N) is 2. The number of allylic oxidation sites excluding steroid dienone is 2. The number of hydrogen-bond acceptors (Lipinski definition) is 4. The van der Waals surface area contributed by atoms with E-state index in [9.17, 15) is 19.5 Å². The number of carbonyl (C=O) groups excluding carboxylic acids is 3. The molecule has 1 aromatic rings. The number of aliphatic carboxylic acids is 1. The van der Waals surface area contributed by atoms with Crippen LogP contribution in [0.3, 0.4) is 0 Å². The number of carboxylic acid groups (broad SMARTS) is 1. The molecule has 0 spiro atoms. The van der Waals surface area contributed by atoms with Crippen molar-refractivity contribution >= 4 is 29.4 Å². The Labute approximate surface area is 144 Å². The third kappa shape index (κ3) is 4.14. The Hall–Kier alpha value is -2.34. The van der Waals surface area contributed by atoms with Crippen LogP contribution in [0.1, 0.15) is 37.0 Å². The summed E-state index contributed by atoms with van der Waals surface area (Å²) in [5, 5.41) is 11.7. The topological polar surface area (TPSA) is 98.3 Å². The molecular formula is C17H18ClN2O4-. The number of hydrazine groups is 1. The molecule has 6 nitrogen and oxygen atoms in total. The first-order valence-electron chi connectivity index (χ1n) is 7.51. The summed E-state index contributed by atoms with van der Waals surface area (Å²) in [6.07, 6.45) is 0.595. The smallest absolute Gasteiger partial charge is 0.269 e. The van der Waals surface area contributed by atoms with Crippen LogP contribution in [0.4, 0.5) is 0 Å². The van der Waals surface area contributed by atoms with Gasteiger partial charge >= 0.3 is 0 Å². The molecule has 0 radical (unpaired) electrons. The lowest BCUT2D eigenvalue weighted by Crippen LogP contribution is -2.49. The molecule has 128 valence electrons. The third-order valence-electron chi connectivity index (χ3n) is 4.29. The summed E-state index contributed by atoms with van der Waals surface area (Å²) in [6, 6.07) is 6.25. The van der Waals surface area contributed by atoms with Crippen LogP contribution in [0.2, 0.25) is 5.02 Å². The number of carbonyl (C=O) groups is 3. The van der Waals surface area contributed by atoms with Crippen LogP contribution in [0.25, 0.3) is 0 Å². The average molecular weight is 350 g/mol. The van der Waals surface area contributed by atoms with E-state index < -0.39 is 29.6 Å². The molecule has 2 atom stereocenters. The van der Waals surface area contributed by atoms with Crippen molar-refractivity contribution in [1.82, 2.24) is 10.9 Å². The van der Waals surface area contributed by atoms with Gasteiger partial charge in [0.05, 0.1) is 5.92 Å². The third-order valence-corrected chi connectivity index (χ3v) is 4.53. The van der Waals surface area contributed by atoms with E-state index in [2.05, 4.69) is 10.9 Å². The lowest BCUT2D eigenvalue weighted by Gasteiger charge is -2.32. The normalized spacial score (nSPS) is 20.5. The molecule has 0 aliphatic heterocycles. The van der Waals surface area contributed by atoms with E-state index in [0.717, 1.165) is 11.1 Å². The molecule has 2 rings (SSSR count). The zero-order chi connectivity index (χ0) is 17.9. The number of benzene rings is 1. The molecule has 0 saturated carbocycles. The largest absolute Gasteiger partial charge is 0.550 e. The fourth-order valence-electron chi connectivity index (χ4n) is 2.73. The summed E-state index contributed by atoms with van der Waals surface area (Å²) in [4.78, 5) is 35.6. The molecule has 24 heavy (non-hydrogen) atoms. The first-order chi connectivity index (χ1) is 11.3. The van der Waals surface area contributed by atoms with E-state index in [1.165, 1.54) is 6.07 Å². The van der Waals surface area contributed by atoms with Gasteiger partial charge in [-0.05, 0) is 44.9 Å². The van der Waals surface area contributed by atoms with Gasteiger partial charge < -0.3 is 9.90 Å². The van der Waals surface area contributed by atoms with Gasteiger partial charge in [-0.1, -0.05) is 28.8 Å². The van der Waals surface area contributed by atoms with E-state index in [-0.39, 0.29) is 12.0 Å². The molecule has 0 bridgehead atoms. The van der Waals surface area contributed by atoms with Crippen LogP contribution >= 0.6 is 11.6 Å². The molecule has 0 unspecified atom stereocenters. The minimum absolute atomic E-state index is 0.272. The molecule has 7 heteroatoms. The van der Waals surface area contributed by atoms with Crippen LogP contribution in [0.5, 0.6) is 0 Å². The second-order valence-electron chi connectivity index (χ2n) is 5.95. The summed E-state index contributed by atoms with van der Waals surface area (Å²) >= 11 is 5.81. The van der Waals surface area contributed by atoms with Crippen molar-refractivity contribution in [2.75, 3.05) is 0 Å². The van der Waals surface area contributed by atoms with Gasteiger partial charge in [0.25, 0.3) is 5.91 Å². The van der Waals surface area contributed by atoms with Crippen molar-refractivity contribution in [1.29, 1.82) is 0 Å². The standard InChI is InChI=1S/C17H19ClN2O4/c1-9-6-13(14(17(23)24)7-10(9)2)16(22)20-19-15(21)11-4-3-5-12(18)8-11/h3-5,8,13-14H,6-7H2,1-2H3,(H,19,21)(H,20,22)(H,23,24)/p-1/t13-,14-/m1/s1. The predicted molar refractivity (Wildman–Crippen MR) is 86.7 cm³/mol. The summed E-state index contributed by atoms with van der Waals surface area (Å²) in [5.41, 5.74) is 6.80. The molecule has 0 saturated heterocycles. The maximum absolute atomic E-state index is 12.3. The molecule has 1 aliphatic carbocycles. The maximum Gasteiger partial charge on any atom is 0.269 e. The van der Waals surface area contributed by atoms with Crippen LogP contribution in [0.15, 0.2) is 35.4 Å². The van der Waals surface area contributed by atoms with Gasteiger partial charge in [0.15, 0.2) is 0 Å². The highest BCUT2D eigenvalue weighted by molar-refractivity contribution is 6.30. The van der Waals surface area contributed by atoms with Crippen molar-refractivity contribution in [2.45, 2.75) is 26.7 Å². The van der Waals surface area contributed by atoms with Crippen molar-refractivity contribution < 1.29 is 19.5 Å². The molecule has 0 aromatic heterocycles. The number of amides is 2. The SMILES string of the molecule is CC1=C(C)C[C@@H](C(=O)NNC(=O)c2cccc(Cl)c2)[C@H](C(=O)[O-])C1. The van der Waals surface area contributed by atoms with Gasteiger partial charge in [-0.25, -0.2) is 0 Å². The minimum atomic E-state index is -1.26. The summed E-state index contributed by atoms with van der Waals surface area (Å²) < 4.78 is 0. The highest BCUT2D eigenvalue weighted by Gasteiger charge is 2.33. The second kappa shape index (κ2) is 7.49. The summed E-state index contributed by atoms with van der Waals surface area (Å²) in [7, 11) is 0. The lowest BCUT2D eigenvalue weighted by atomic mass is 9.76. The van der Waals surface area contributed by atoms with Gasteiger partial charge in [0.2, 0.25) is 5.91 Å². The van der Waals surface area contributed by atoms with Crippen molar-refractivity contribution in [3.8, 4) is 0 Å². The first-order valence-corrected chi connectivity index (χ1v) is 7.89. The molecule has 1 aromatic carbocycles. The number of rotatable bonds is 3. The van der Waals surface area contributed by atoms with E-state index in [0.29, 0.717) is 11.4 Å². The minimum Gasteiger partial charge on any atom is -0.550 e. The van der Waals surface area contributed by atoms with Crippen LogP contribution in [-0.4, -0.2) is 17.8 Å². The molecule has 1 aliphatic rings. The van der Waals surface area contributed by atoms with Gasteiger partial charge in [0.1, 0.15) is 0 Å². The number of hydrogen-bond donors (Lipinski definition) is 2. The molecule has 0 fully saturated rings. The summed E-state index contributed by atoms with van der Waals surface area (Å²) in [6.45, 7) is 3.71. The van der Waals surface area contributed by atoms with E-state index >= 15 is 0 Å². The van der Waals surface area contributed by atoms with Crippen molar-refractivity contribution in [3.63, 3.8) is 0 Å². The van der Waals surface area contributed by atoms with Crippen LogP contribution in [0, 0.1) is 11.8 Å². The molecule has 2 N–H and O–H groups in total. The monoisotopic (exact) mass is 349 g/mol. The Balaban J connectivity index is 2.03. The maximum atomic E-state index is 12.3. The average Bonchev–Trinajstić information content (AvgIpc) is 2.54. The van der Waals surface area contributed by atoms with E-state index in [1.807, 2.05) is 13.8 Å². The fourth-order valence-corrected chi connectivity index (χ4v) is 2.92. The Kier molecular flexibility index (Phi) is 5.62. The van der Waals surface area contributed by atoms with E-state index in [1.54, 1.807) is 18.2 Å². The lowest BCUT2D eigenvalue weighted by molar-refractivity contribution is -0.313.